The van der Waals surface area contributed by atoms with E-state index in [0.29, 0.717) is 16.3 Å². The summed E-state index contributed by atoms with van der Waals surface area (Å²) in [4.78, 5) is 4.76. The Morgan fingerprint density at radius 1 is 1.28 bits per heavy atom. The van der Waals surface area contributed by atoms with Crippen LogP contribution >= 0.6 is 23.4 Å². The Balaban J connectivity index is 1.98. The first-order chi connectivity index (χ1) is 8.66. The molecule has 0 radical (unpaired) electrons. The van der Waals surface area contributed by atoms with Crippen molar-refractivity contribution in [1.29, 1.82) is 0 Å². The minimum Gasteiger partial charge on any atom is -0.323 e. The zero-order valence-electron chi connectivity index (χ0n) is 9.51. The third-order valence-electron chi connectivity index (χ3n) is 2.45. The number of benzene rings is 1. The van der Waals surface area contributed by atoms with Crippen LogP contribution in [0.4, 0.5) is 4.39 Å². The van der Waals surface area contributed by atoms with Gasteiger partial charge in [-0.3, -0.25) is 4.98 Å². The quantitative estimate of drug-likeness (QED) is 0.870. The maximum atomic E-state index is 13.4. The van der Waals surface area contributed by atoms with Crippen LogP contribution in [-0.4, -0.2) is 10.7 Å². The van der Waals surface area contributed by atoms with E-state index in [2.05, 4.69) is 4.98 Å². The predicted molar refractivity (Wildman–Crippen MR) is 73.3 cm³/mol. The average Bonchev–Trinajstić information content (AvgIpc) is 2.38. The van der Waals surface area contributed by atoms with Crippen LogP contribution in [0.25, 0.3) is 0 Å². The van der Waals surface area contributed by atoms with Crippen LogP contribution in [0.1, 0.15) is 11.6 Å². The molecule has 0 saturated heterocycles. The van der Waals surface area contributed by atoms with Crippen molar-refractivity contribution in [2.75, 3.05) is 5.75 Å². The summed E-state index contributed by atoms with van der Waals surface area (Å²) in [5, 5.41) is 0.698. The third kappa shape index (κ3) is 3.45. The number of rotatable bonds is 4. The molecule has 94 valence electrons. The highest BCUT2D eigenvalue weighted by Gasteiger charge is 2.11. The molecule has 1 heterocycles. The van der Waals surface area contributed by atoms with E-state index in [1.165, 1.54) is 6.20 Å². The minimum atomic E-state index is -0.360. The monoisotopic (exact) mass is 282 g/mol. The summed E-state index contributed by atoms with van der Waals surface area (Å²) in [6.45, 7) is 0. The molecule has 0 saturated carbocycles. The van der Waals surface area contributed by atoms with Crippen molar-refractivity contribution >= 4 is 23.4 Å². The molecule has 2 N–H and O–H groups in total. The molecule has 1 aromatic heterocycles. The molecule has 1 aromatic carbocycles. The molecule has 0 bridgehead atoms. The fourth-order valence-corrected chi connectivity index (χ4v) is 2.50. The molecule has 18 heavy (non-hydrogen) atoms. The number of hydrogen-bond acceptors (Lipinski definition) is 3. The topological polar surface area (TPSA) is 38.9 Å². The molecule has 1 atom stereocenters. The molecule has 0 amide bonds. The Kier molecular flexibility index (Phi) is 4.58. The van der Waals surface area contributed by atoms with Gasteiger partial charge in [-0.2, -0.15) is 0 Å². The van der Waals surface area contributed by atoms with E-state index in [4.69, 9.17) is 17.3 Å². The van der Waals surface area contributed by atoms with Gasteiger partial charge >= 0.3 is 0 Å². The second kappa shape index (κ2) is 6.18. The van der Waals surface area contributed by atoms with Crippen molar-refractivity contribution in [2.24, 2.45) is 5.73 Å². The van der Waals surface area contributed by atoms with Gasteiger partial charge in [-0.05, 0) is 30.3 Å². The highest BCUT2D eigenvalue weighted by molar-refractivity contribution is 7.99. The summed E-state index contributed by atoms with van der Waals surface area (Å²) in [7, 11) is 0. The number of halogens is 2. The summed E-state index contributed by atoms with van der Waals surface area (Å²) >= 11 is 7.37. The van der Waals surface area contributed by atoms with Gasteiger partial charge in [0.1, 0.15) is 5.82 Å². The molecule has 0 aliphatic carbocycles. The Morgan fingerprint density at radius 2 is 2.00 bits per heavy atom. The number of pyridine rings is 1. The Labute approximate surface area is 114 Å². The summed E-state index contributed by atoms with van der Waals surface area (Å²) in [5.74, 6) is 0.240. The van der Waals surface area contributed by atoms with Gasteiger partial charge < -0.3 is 5.73 Å². The van der Waals surface area contributed by atoms with E-state index >= 15 is 0 Å². The van der Waals surface area contributed by atoms with Crippen molar-refractivity contribution in [3.05, 3.63) is 59.1 Å². The molecule has 0 aliphatic rings. The Morgan fingerprint density at radius 3 is 2.67 bits per heavy atom. The lowest BCUT2D eigenvalue weighted by molar-refractivity contribution is 0.589. The smallest absolute Gasteiger partial charge is 0.146 e. The van der Waals surface area contributed by atoms with E-state index in [-0.39, 0.29) is 11.9 Å². The van der Waals surface area contributed by atoms with Crippen molar-refractivity contribution in [3.63, 3.8) is 0 Å². The molecular formula is C13H12ClFN2S. The summed E-state index contributed by atoms with van der Waals surface area (Å²) < 4.78 is 13.4. The van der Waals surface area contributed by atoms with Crippen LogP contribution in [0, 0.1) is 5.82 Å². The maximum absolute atomic E-state index is 13.4. The van der Waals surface area contributed by atoms with Crippen LogP contribution in [0.5, 0.6) is 0 Å². The standard InChI is InChI=1S/C13H12ClFN2S/c14-9-1-3-10(4-2-9)18-8-13(16)11-5-6-17-7-12(11)15/h1-7,13H,8,16H2. The summed E-state index contributed by atoms with van der Waals surface area (Å²) in [6, 6.07) is 8.74. The fraction of sp³-hybridized carbons (Fsp3) is 0.154. The zero-order valence-corrected chi connectivity index (χ0v) is 11.1. The molecule has 0 fully saturated rings. The van der Waals surface area contributed by atoms with Crippen molar-refractivity contribution < 1.29 is 4.39 Å². The first-order valence-corrected chi connectivity index (χ1v) is 6.76. The SMILES string of the molecule is NC(CSc1ccc(Cl)cc1)c1ccncc1F. The number of hydrogen-bond donors (Lipinski definition) is 1. The lowest BCUT2D eigenvalue weighted by atomic mass is 10.1. The lowest BCUT2D eigenvalue weighted by Crippen LogP contribution is -2.14. The van der Waals surface area contributed by atoms with Gasteiger partial charge in [0.15, 0.2) is 0 Å². The zero-order chi connectivity index (χ0) is 13.0. The molecular weight excluding hydrogens is 271 g/mol. The van der Waals surface area contributed by atoms with Gasteiger partial charge in [-0.15, -0.1) is 11.8 Å². The van der Waals surface area contributed by atoms with E-state index in [1.54, 1.807) is 24.0 Å². The first kappa shape index (κ1) is 13.3. The average molecular weight is 283 g/mol. The lowest BCUT2D eigenvalue weighted by Gasteiger charge is -2.12. The van der Waals surface area contributed by atoms with Crippen LogP contribution in [-0.2, 0) is 0 Å². The molecule has 5 heteroatoms. The van der Waals surface area contributed by atoms with E-state index in [9.17, 15) is 4.39 Å². The van der Waals surface area contributed by atoms with Crippen molar-refractivity contribution in [2.45, 2.75) is 10.9 Å². The van der Waals surface area contributed by atoms with Crippen LogP contribution in [0.3, 0.4) is 0 Å². The van der Waals surface area contributed by atoms with Gasteiger partial charge in [0.05, 0.1) is 6.20 Å². The van der Waals surface area contributed by atoms with E-state index < -0.39 is 0 Å². The highest BCUT2D eigenvalue weighted by atomic mass is 35.5. The Hall–Kier alpha value is -1.10. The summed E-state index contributed by atoms with van der Waals surface area (Å²) in [6.07, 6.45) is 2.73. The normalized spacial score (nSPS) is 12.4. The number of thioether (sulfide) groups is 1. The maximum Gasteiger partial charge on any atom is 0.146 e. The van der Waals surface area contributed by atoms with Crippen LogP contribution in [0.15, 0.2) is 47.6 Å². The van der Waals surface area contributed by atoms with Crippen molar-refractivity contribution in [1.82, 2.24) is 4.98 Å². The second-order valence-electron chi connectivity index (χ2n) is 3.77. The highest BCUT2D eigenvalue weighted by Crippen LogP contribution is 2.25. The second-order valence-corrected chi connectivity index (χ2v) is 5.30. The van der Waals surface area contributed by atoms with Crippen molar-refractivity contribution in [3.8, 4) is 0 Å². The molecule has 2 nitrogen and oxygen atoms in total. The van der Waals surface area contributed by atoms with Gasteiger partial charge in [0, 0.05) is 33.5 Å². The molecule has 1 unspecified atom stereocenters. The minimum absolute atomic E-state index is 0.353. The number of nitrogens with two attached hydrogens (primary N) is 1. The Bertz CT molecular complexity index is 519. The first-order valence-electron chi connectivity index (χ1n) is 5.40. The fourth-order valence-electron chi connectivity index (χ4n) is 1.49. The third-order valence-corrected chi connectivity index (χ3v) is 3.83. The van der Waals surface area contributed by atoms with Gasteiger partial charge in [-0.25, -0.2) is 4.39 Å². The predicted octanol–water partition coefficient (Wildman–Crippen LogP) is 3.67. The molecule has 0 aliphatic heterocycles. The van der Waals surface area contributed by atoms with Crippen LogP contribution < -0.4 is 5.73 Å². The number of nitrogens with zero attached hydrogens (tertiary/aromatic N) is 1. The van der Waals surface area contributed by atoms with E-state index in [1.807, 2.05) is 24.3 Å². The van der Waals surface area contributed by atoms with Gasteiger partial charge in [-0.1, -0.05) is 11.6 Å². The summed E-state index contributed by atoms with van der Waals surface area (Å²) in [5.41, 5.74) is 6.45. The molecule has 2 aromatic rings. The van der Waals surface area contributed by atoms with E-state index in [0.717, 1.165) is 4.90 Å². The molecule has 0 spiro atoms. The van der Waals surface area contributed by atoms with Crippen LogP contribution in [0.2, 0.25) is 5.02 Å². The molecule has 2 rings (SSSR count). The van der Waals surface area contributed by atoms with Gasteiger partial charge in [0.2, 0.25) is 0 Å². The van der Waals surface area contributed by atoms with Gasteiger partial charge in [0.25, 0.3) is 0 Å². The number of aromatic nitrogens is 1. The largest absolute Gasteiger partial charge is 0.323 e.